The normalized spacial score (nSPS) is 16.7. The number of halogens is 1. The SMILES string of the molecule is CCCCNC(=NC)NCCCN(C)C1CCCCC1.I. The molecule has 2 N–H and O–H groups in total. The number of hydrogen-bond acceptors (Lipinski definition) is 2. The molecule has 0 radical (unpaired) electrons. The van der Waals surface area contributed by atoms with Crippen LogP contribution in [0.5, 0.6) is 0 Å². The predicted octanol–water partition coefficient (Wildman–Crippen LogP) is 3.22. The number of hydrogen-bond donors (Lipinski definition) is 2. The van der Waals surface area contributed by atoms with Crippen LogP contribution < -0.4 is 10.6 Å². The van der Waals surface area contributed by atoms with E-state index < -0.39 is 0 Å². The third-order valence-corrected chi connectivity index (χ3v) is 4.22. The van der Waals surface area contributed by atoms with Gasteiger partial charge in [0.05, 0.1) is 0 Å². The third kappa shape index (κ3) is 9.55. The molecule has 0 atom stereocenters. The molecule has 0 unspecified atom stereocenters. The minimum absolute atomic E-state index is 0. The summed E-state index contributed by atoms with van der Waals surface area (Å²) in [5.74, 6) is 0.943. The van der Waals surface area contributed by atoms with Crippen molar-refractivity contribution in [2.45, 2.75) is 64.3 Å². The molecule has 0 aromatic carbocycles. The standard InChI is InChI=1S/C16H34N4.HI/c1-4-5-12-18-16(17-2)19-13-9-14-20(3)15-10-7-6-8-11-15;/h15H,4-14H2,1-3H3,(H2,17,18,19);1H. The molecule has 0 aromatic heterocycles. The summed E-state index contributed by atoms with van der Waals surface area (Å²) in [5.41, 5.74) is 0. The van der Waals surface area contributed by atoms with E-state index in [0.29, 0.717) is 0 Å². The van der Waals surface area contributed by atoms with Gasteiger partial charge in [-0.1, -0.05) is 32.6 Å². The van der Waals surface area contributed by atoms with Gasteiger partial charge in [0.15, 0.2) is 5.96 Å². The maximum absolute atomic E-state index is 4.25. The Bertz CT molecular complexity index is 265. The Morgan fingerprint density at radius 3 is 2.29 bits per heavy atom. The molecule has 4 nitrogen and oxygen atoms in total. The highest BCUT2D eigenvalue weighted by Gasteiger charge is 2.17. The van der Waals surface area contributed by atoms with Crippen LogP contribution >= 0.6 is 24.0 Å². The summed E-state index contributed by atoms with van der Waals surface area (Å²) in [5, 5.41) is 6.75. The van der Waals surface area contributed by atoms with Gasteiger partial charge in [0, 0.05) is 26.2 Å². The molecule has 1 aliphatic rings. The molecule has 0 aliphatic heterocycles. The predicted molar refractivity (Wildman–Crippen MR) is 104 cm³/mol. The summed E-state index contributed by atoms with van der Waals surface area (Å²) in [6, 6.07) is 0.825. The Morgan fingerprint density at radius 1 is 1.10 bits per heavy atom. The summed E-state index contributed by atoms with van der Waals surface area (Å²) >= 11 is 0. The Kier molecular flexibility index (Phi) is 13.6. The highest BCUT2D eigenvalue weighted by Crippen LogP contribution is 2.21. The van der Waals surface area contributed by atoms with Crippen LogP contribution in [0.1, 0.15) is 58.3 Å². The van der Waals surface area contributed by atoms with E-state index in [0.717, 1.165) is 25.1 Å². The smallest absolute Gasteiger partial charge is 0.190 e. The molecule has 0 amide bonds. The molecule has 0 bridgehead atoms. The molecule has 5 heteroatoms. The number of nitrogens with one attached hydrogen (secondary N) is 2. The van der Waals surface area contributed by atoms with E-state index in [4.69, 9.17) is 0 Å². The fraction of sp³-hybridized carbons (Fsp3) is 0.938. The maximum atomic E-state index is 4.25. The lowest BCUT2D eigenvalue weighted by Gasteiger charge is -2.31. The number of rotatable bonds is 8. The number of guanidine groups is 1. The van der Waals surface area contributed by atoms with Crippen molar-refractivity contribution in [3.63, 3.8) is 0 Å². The highest BCUT2D eigenvalue weighted by molar-refractivity contribution is 14.0. The van der Waals surface area contributed by atoms with Gasteiger partial charge >= 0.3 is 0 Å². The fourth-order valence-electron chi connectivity index (χ4n) is 2.84. The van der Waals surface area contributed by atoms with Crippen molar-refractivity contribution in [1.29, 1.82) is 0 Å². The Balaban J connectivity index is 0.00000400. The minimum atomic E-state index is 0. The molecular formula is C16H35IN4. The van der Waals surface area contributed by atoms with Crippen molar-refractivity contribution in [3.05, 3.63) is 0 Å². The molecule has 1 aliphatic carbocycles. The number of aliphatic imine (C=N–C) groups is 1. The van der Waals surface area contributed by atoms with Gasteiger partial charge < -0.3 is 15.5 Å². The van der Waals surface area contributed by atoms with Crippen molar-refractivity contribution in [3.8, 4) is 0 Å². The monoisotopic (exact) mass is 410 g/mol. The Morgan fingerprint density at radius 2 is 1.71 bits per heavy atom. The van der Waals surface area contributed by atoms with E-state index >= 15 is 0 Å². The summed E-state index contributed by atoms with van der Waals surface area (Å²) in [7, 11) is 4.12. The molecule has 126 valence electrons. The third-order valence-electron chi connectivity index (χ3n) is 4.22. The molecule has 21 heavy (non-hydrogen) atoms. The fourth-order valence-corrected chi connectivity index (χ4v) is 2.84. The lowest BCUT2D eigenvalue weighted by atomic mass is 9.94. The van der Waals surface area contributed by atoms with Gasteiger partial charge in [-0.3, -0.25) is 4.99 Å². The maximum Gasteiger partial charge on any atom is 0.190 e. The van der Waals surface area contributed by atoms with Crippen molar-refractivity contribution in [2.75, 3.05) is 33.7 Å². The summed E-state index contributed by atoms with van der Waals surface area (Å²) < 4.78 is 0. The van der Waals surface area contributed by atoms with Crippen molar-refractivity contribution in [2.24, 2.45) is 4.99 Å². The first-order chi connectivity index (χ1) is 9.77. The van der Waals surface area contributed by atoms with E-state index in [1.807, 2.05) is 7.05 Å². The van der Waals surface area contributed by atoms with Gasteiger partial charge in [-0.05, 0) is 39.3 Å². The van der Waals surface area contributed by atoms with Crippen LogP contribution in [0.15, 0.2) is 4.99 Å². The van der Waals surface area contributed by atoms with E-state index in [9.17, 15) is 0 Å². The summed E-state index contributed by atoms with van der Waals surface area (Å²) in [6.45, 7) is 5.41. The molecule has 1 rings (SSSR count). The van der Waals surface area contributed by atoms with Gasteiger partial charge in [-0.25, -0.2) is 0 Å². The molecule has 0 saturated heterocycles. The van der Waals surface area contributed by atoms with Gasteiger partial charge in [-0.2, -0.15) is 0 Å². The molecule has 1 fully saturated rings. The average Bonchev–Trinajstić information content (AvgIpc) is 2.50. The lowest BCUT2D eigenvalue weighted by molar-refractivity contribution is 0.190. The van der Waals surface area contributed by atoms with Gasteiger partial charge in [-0.15, -0.1) is 24.0 Å². The van der Waals surface area contributed by atoms with E-state index in [1.165, 1.54) is 57.9 Å². The van der Waals surface area contributed by atoms with Gasteiger partial charge in [0.2, 0.25) is 0 Å². The molecule has 1 saturated carbocycles. The van der Waals surface area contributed by atoms with Crippen LogP contribution in [-0.4, -0.2) is 50.6 Å². The molecule has 0 aromatic rings. The second-order valence-electron chi connectivity index (χ2n) is 5.91. The summed E-state index contributed by atoms with van der Waals surface area (Å²) in [6.07, 6.45) is 10.7. The largest absolute Gasteiger partial charge is 0.356 e. The first kappa shape index (κ1) is 21.0. The number of unbranched alkanes of at least 4 members (excludes halogenated alkanes) is 1. The quantitative estimate of drug-likeness (QED) is 0.279. The minimum Gasteiger partial charge on any atom is -0.356 e. The van der Waals surface area contributed by atoms with Gasteiger partial charge in [0.25, 0.3) is 0 Å². The zero-order chi connectivity index (χ0) is 14.6. The van der Waals surface area contributed by atoms with Crippen molar-refractivity contribution < 1.29 is 0 Å². The molecule has 0 heterocycles. The topological polar surface area (TPSA) is 39.7 Å². The van der Waals surface area contributed by atoms with Crippen LogP contribution in [0.2, 0.25) is 0 Å². The molecular weight excluding hydrogens is 375 g/mol. The Hall–Kier alpha value is -0.0400. The van der Waals surface area contributed by atoms with Crippen LogP contribution in [0.3, 0.4) is 0 Å². The van der Waals surface area contributed by atoms with Crippen LogP contribution in [-0.2, 0) is 0 Å². The first-order valence-electron chi connectivity index (χ1n) is 8.42. The van der Waals surface area contributed by atoms with E-state index in [-0.39, 0.29) is 24.0 Å². The zero-order valence-electron chi connectivity index (χ0n) is 14.2. The number of nitrogens with zero attached hydrogens (tertiary/aromatic N) is 2. The van der Waals surface area contributed by atoms with Crippen molar-refractivity contribution in [1.82, 2.24) is 15.5 Å². The first-order valence-corrected chi connectivity index (χ1v) is 8.42. The van der Waals surface area contributed by atoms with Gasteiger partial charge in [0.1, 0.15) is 0 Å². The average molecular weight is 410 g/mol. The second kappa shape index (κ2) is 13.6. The Labute approximate surface area is 148 Å². The van der Waals surface area contributed by atoms with Crippen molar-refractivity contribution >= 4 is 29.9 Å². The second-order valence-corrected chi connectivity index (χ2v) is 5.91. The van der Waals surface area contributed by atoms with E-state index in [1.54, 1.807) is 0 Å². The zero-order valence-corrected chi connectivity index (χ0v) is 16.5. The molecule has 0 spiro atoms. The van der Waals surface area contributed by atoms with Crippen LogP contribution in [0.25, 0.3) is 0 Å². The lowest BCUT2D eigenvalue weighted by Crippen LogP contribution is -2.40. The highest BCUT2D eigenvalue weighted by atomic mass is 127. The van der Waals surface area contributed by atoms with Crippen LogP contribution in [0.4, 0.5) is 0 Å². The van der Waals surface area contributed by atoms with E-state index in [2.05, 4.69) is 34.5 Å². The summed E-state index contributed by atoms with van der Waals surface area (Å²) in [4.78, 5) is 6.80. The van der Waals surface area contributed by atoms with Crippen LogP contribution in [0, 0.1) is 0 Å².